The standard InChI is InChI=1S/C9H10F2O4/c1-5(12)14-4-8(15-6(2)13)7-3-9(7,10)11/h3-4H2,1-2H3. The summed E-state index contributed by atoms with van der Waals surface area (Å²) in [6.45, 7) is 1.80. The molecule has 0 spiro atoms. The molecule has 15 heavy (non-hydrogen) atoms. The van der Waals surface area contributed by atoms with E-state index in [0.717, 1.165) is 13.8 Å². The third-order valence-corrected chi connectivity index (χ3v) is 1.73. The van der Waals surface area contributed by atoms with E-state index in [-0.39, 0.29) is 11.3 Å². The van der Waals surface area contributed by atoms with Crippen LogP contribution in [0.15, 0.2) is 11.3 Å². The lowest BCUT2D eigenvalue weighted by Crippen LogP contribution is -2.10. The van der Waals surface area contributed by atoms with Gasteiger partial charge >= 0.3 is 11.9 Å². The minimum atomic E-state index is -2.93. The number of carbonyl (C=O) groups excluding carboxylic acids is 2. The van der Waals surface area contributed by atoms with Gasteiger partial charge in [-0.3, -0.25) is 9.59 Å². The molecule has 0 aromatic heterocycles. The summed E-state index contributed by atoms with van der Waals surface area (Å²) in [5.74, 6) is -4.52. The maximum Gasteiger partial charge on any atom is 0.307 e. The van der Waals surface area contributed by atoms with Crippen molar-refractivity contribution in [3.05, 3.63) is 11.3 Å². The summed E-state index contributed by atoms with van der Waals surface area (Å²) in [4.78, 5) is 21.1. The van der Waals surface area contributed by atoms with Crippen molar-refractivity contribution in [1.82, 2.24) is 0 Å². The molecular formula is C9H10F2O4. The molecule has 1 fully saturated rings. The summed E-state index contributed by atoms with van der Waals surface area (Å²) in [5, 5.41) is 0. The quantitative estimate of drug-likeness (QED) is 0.533. The molecule has 1 rings (SSSR count). The number of allylic oxidation sites excluding steroid dienone is 1. The van der Waals surface area contributed by atoms with Crippen LogP contribution in [0.2, 0.25) is 0 Å². The lowest BCUT2D eigenvalue weighted by molar-refractivity contribution is -0.145. The van der Waals surface area contributed by atoms with Crippen LogP contribution in [-0.4, -0.2) is 24.5 Å². The van der Waals surface area contributed by atoms with Crippen molar-refractivity contribution in [2.75, 3.05) is 6.61 Å². The Morgan fingerprint density at radius 1 is 1.33 bits per heavy atom. The maximum absolute atomic E-state index is 12.6. The van der Waals surface area contributed by atoms with Crippen LogP contribution in [0.3, 0.4) is 0 Å². The summed E-state index contributed by atoms with van der Waals surface area (Å²) >= 11 is 0. The number of halogens is 2. The molecule has 1 aliphatic carbocycles. The van der Waals surface area contributed by atoms with Crippen LogP contribution in [-0.2, 0) is 19.1 Å². The summed E-state index contributed by atoms with van der Waals surface area (Å²) in [7, 11) is 0. The highest BCUT2D eigenvalue weighted by Crippen LogP contribution is 2.50. The fraction of sp³-hybridized carbons (Fsp3) is 0.556. The Morgan fingerprint density at radius 2 is 1.87 bits per heavy atom. The van der Waals surface area contributed by atoms with Crippen LogP contribution >= 0.6 is 0 Å². The van der Waals surface area contributed by atoms with Crippen molar-refractivity contribution in [2.45, 2.75) is 26.2 Å². The van der Waals surface area contributed by atoms with Gasteiger partial charge in [0.15, 0.2) is 5.76 Å². The van der Waals surface area contributed by atoms with E-state index in [1.807, 2.05) is 0 Å². The van der Waals surface area contributed by atoms with Crippen LogP contribution in [0.1, 0.15) is 20.3 Å². The molecule has 1 saturated carbocycles. The van der Waals surface area contributed by atoms with Gasteiger partial charge in [-0.2, -0.15) is 0 Å². The average molecular weight is 220 g/mol. The highest BCUT2D eigenvalue weighted by atomic mass is 19.3. The van der Waals surface area contributed by atoms with Crippen molar-refractivity contribution >= 4 is 11.9 Å². The SMILES string of the molecule is CC(=O)OCC(OC(C)=O)=C1CC1(F)F. The molecule has 0 bridgehead atoms. The second-order valence-corrected chi connectivity index (χ2v) is 3.16. The molecule has 4 nitrogen and oxygen atoms in total. The van der Waals surface area contributed by atoms with Gasteiger partial charge in [-0.05, 0) is 0 Å². The minimum Gasteiger partial charge on any atom is -0.458 e. The second-order valence-electron chi connectivity index (χ2n) is 3.16. The van der Waals surface area contributed by atoms with Gasteiger partial charge in [-0.25, -0.2) is 8.78 Å². The molecule has 0 aromatic carbocycles. The molecule has 0 aliphatic heterocycles. The van der Waals surface area contributed by atoms with Gasteiger partial charge in [0.1, 0.15) is 6.61 Å². The van der Waals surface area contributed by atoms with Crippen molar-refractivity contribution in [3.63, 3.8) is 0 Å². The first-order chi connectivity index (χ1) is 6.83. The van der Waals surface area contributed by atoms with Gasteiger partial charge in [-0.1, -0.05) is 0 Å². The number of ether oxygens (including phenoxy) is 2. The van der Waals surface area contributed by atoms with Gasteiger partial charge < -0.3 is 9.47 Å². The molecular weight excluding hydrogens is 210 g/mol. The first-order valence-electron chi connectivity index (χ1n) is 4.25. The van der Waals surface area contributed by atoms with Crippen LogP contribution in [0, 0.1) is 0 Å². The van der Waals surface area contributed by atoms with Crippen molar-refractivity contribution in [2.24, 2.45) is 0 Å². The predicted molar refractivity (Wildman–Crippen MR) is 45.0 cm³/mol. The third kappa shape index (κ3) is 3.30. The van der Waals surface area contributed by atoms with E-state index in [2.05, 4.69) is 9.47 Å². The van der Waals surface area contributed by atoms with Gasteiger partial charge in [0, 0.05) is 25.8 Å². The fourth-order valence-electron chi connectivity index (χ4n) is 0.999. The predicted octanol–water partition coefficient (Wildman–Crippen LogP) is 1.41. The number of hydrogen-bond donors (Lipinski definition) is 0. The monoisotopic (exact) mass is 220 g/mol. The highest BCUT2D eigenvalue weighted by Gasteiger charge is 2.54. The smallest absolute Gasteiger partial charge is 0.307 e. The molecule has 0 N–H and O–H groups in total. The Balaban J connectivity index is 2.68. The zero-order chi connectivity index (χ0) is 11.6. The molecule has 0 atom stereocenters. The van der Waals surface area contributed by atoms with Crippen molar-refractivity contribution in [1.29, 1.82) is 0 Å². The zero-order valence-electron chi connectivity index (χ0n) is 8.30. The number of alkyl halides is 2. The van der Waals surface area contributed by atoms with E-state index in [9.17, 15) is 18.4 Å². The van der Waals surface area contributed by atoms with Crippen molar-refractivity contribution < 1.29 is 27.8 Å². The van der Waals surface area contributed by atoms with Crippen LogP contribution in [0.25, 0.3) is 0 Å². The van der Waals surface area contributed by atoms with Gasteiger partial charge in [0.2, 0.25) is 0 Å². The maximum atomic E-state index is 12.6. The zero-order valence-corrected chi connectivity index (χ0v) is 8.30. The molecule has 0 unspecified atom stereocenters. The molecule has 0 radical (unpaired) electrons. The average Bonchev–Trinajstić information content (AvgIpc) is 2.68. The molecule has 0 amide bonds. The van der Waals surface area contributed by atoms with Gasteiger partial charge in [0.25, 0.3) is 5.92 Å². The molecule has 84 valence electrons. The normalized spacial score (nSPS) is 20.5. The molecule has 0 heterocycles. The van der Waals surface area contributed by atoms with Crippen LogP contribution < -0.4 is 0 Å². The lowest BCUT2D eigenvalue weighted by atomic mass is 10.4. The first-order valence-corrected chi connectivity index (χ1v) is 4.25. The topological polar surface area (TPSA) is 52.6 Å². The number of esters is 2. The third-order valence-electron chi connectivity index (χ3n) is 1.73. The van der Waals surface area contributed by atoms with E-state index < -0.39 is 30.9 Å². The summed E-state index contributed by atoms with van der Waals surface area (Å²) in [6.07, 6.45) is -0.448. The molecule has 0 saturated heterocycles. The Labute approximate surface area is 84.8 Å². The summed E-state index contributed by atoms with van der Waals surface area (Å²) in [6, 6.07) is 0. The van der Waals surface area contributed by atoms with Gasteiger partial charge in [-0.15, -0.1) is 0 Å². The van der Waals surface area contributed by atoms with Crippen LogP contribution in [0.5, 0.6) is 0 Å². The van der Waals surface area contributed by atoms with E-state index in [0.29, 0.717) is 0 Å². The number of carbonyl (C=O) groups is 2. The molecule has 0 aromatic rings. The minimum absolute atomic E-state index is 0.261. The Hall–Kier alpha value is -1.46. The van der Waals surface area contributed by atoms with Crippen LogP contribution in [0.4, 0.5) is 8.78 Å². The van der Waals surface area contributed by atoms with Crippen molar-refractivity contribution in [3.8, 4) is 0 Å². The summed E-state index contributed by atoms with van der Waals surface area (Å²) in [5.41, 5.74) is -0.279. The Kier molecular flexibility index (Phi) is 3.06. The van der Waals surface area contributed by atoms with Gasteiger partial charge in [0.05, 0.1) is 0 Å². The largest absolute Gasteiger partial charge is 0.458 e. The first kappa shape index (κ1) is 11.6. The molecule has 6 heteroatoms. The lowest BCUT2D eigenvalue weighted by Gasteiger charge is -2.06. The van der Waals surface area contributed by atoms with E-state index >= 15 is 0 Å². The molecule has 1 aliphatic rings. The number of rotatable bonds is 3. The Morgan fingerprint density at radius 3 is 2.20 bits per heavy atom. The van der Waals surface area contributed by atoms with E-state index in [1.165, 1.54) is 0 Å². The van der Waals surface area contributed by atoms with E-state index in [4.69, 9.17) is 0 Å². The Bertz CT molecular complexity index is 333. The fourth-order valence-corrected chi connectivity index (χ4v) is 0.999. The number of hydrogen-bond acceptors (Lipinski definition) is 4. The van der Waals surface area contributed by atoms with E-state index in [1.54, 1.807) is 0 Å². The second kappa shape index (κ2) is 3.96. The highest BCUT2D eigenvalue weighted by molar-refractivity contribution is 5.68. The summed E-state index contributed by atoms with van der Waals surface area (Å²) < 4.78 is 34.3.